The maximum Gasteiger partial charge on any atom is 0.317 e. The van der Waals surface area contributed by atoms with Gasteiger partial charge in [0.05, 0.1) is 7.11 Å². The SMILES string of the molecule is CCc1nccn1CCN1CCN(C(=O)NCCc2ccc(OC)cc2)CC1. The Morgan fingerprint density at radius 1 is 1.14 bits per heavy atom. The zero-order chi connectivity index (χ0) is 19.8. The molecule has 3 rings (SSSR count). The second-order valence-electron chi connectivity index (χ2n) is 7.05. The van der Waals surface area contributed by atoms with Crippen LogP contribution in [-0.2, 0) is 19.4 Å². The molecule has 0 spiro atoms. The molecule has 2 heterocycles. The van der Waals surface area contributed by atoms with E-state index in [4.69, 9.17) is 4.74 Å². The molecule has 0 atom stereocenters. The average Bonchev–Trinajstić information content (AvgIpc) is 3.20. The van der Waals surface area contributed by atoms with Crippen LogP contribution in [0.3, 0.4) is 0 Å². The molecule has 28 heavy (non-hydrogen) atoms. The number of urea groups is 1. The van der Waals surface area contributed by atoms with Gasteiger partial charge in [-0.05, 0) is 24.1 Å². The lowest BCUT2D eigenvalue weighted by molar-refractivity contribution is 0.136. The summed E-state index contributed by atoms with van der Waals surface area (Å²) < 4.78 is 7.39. The number of nitrogens with one attached hydrogen (secondary N) is 1. The number of hydrogen-bond donors (Lipinski definition) is 1. The Bertz CT molecular complexity index is 736. The van der Waals surface area contributed by atoms with Crippen LogP contribution in [0.4, 0.5) is 4.79 Å². The van der Waals surface area contributed by atoms with E-state index in [1.54, 1.807) is 7.11 Å². The number of methoxy groups -OCH3 is 1. The highest BCUT2D eigenvalue weighted by Crippen LogP contribution is 2.11. The minimum absolute atomic E-state index is 0.0380. The summed E-state index contributed by atoms with van der Waals surface area (Å²) in [6.45, 7) is 8.12. The van der Waals surface area contributed by atoms with Gasteiger partial charge in [-0.15, -0.1) is 0 Å². The molecule has 1 aromatic carbocycles. The highest BCUT2D eigenvalue weighted by atomic mass is 16.5. The number of amides is 2. The van der Waals surface area contributed by atoms with E-state index in [9.17, 15) is 4.79 Å². The third-order valence-electron chi connectivity index (χ3n) is 5.28. The third kappa shape index (κ3) is 5.48. The first-order chi connectivity index (χ1) is 13.7. The van der Waals surface area contributed by atoms with Crippen molar-refractivity contribution in [3.63, 3.8) is 0 Å². The van der Waals surface area contributed by atoms with Gasteiger partial charge in [0.1, 0.15) is 11.6 Å². The zero-order valence-electron chi connectivity index (χ0n) is 16.9. The Morgan fingerprint density at radius 2 is 1.89 bits per heavy atom. The molecule has 2 aromatic rings. The van der Waals surface area contributed by atoms with Crippen molar-refractivity contribution in [3.8, 4) is 5.75 Å². The van der Waals surface area contributed by atoms with E-state index in [1.165, 1.54) is 5.56 Å². The number of aryl methyl sites for hydroxylation is 1. The number of benzene rings is 1. The third-order valence-corrected chi connectivity index (χ3v) is 5.28. The van der Waals surface area contributed by atoms with Crippen molar-refractivity contribution in [2.24, 2.45) is 0 Å². The lowest BCUT2D eigenvalue weighted by Crippen LogP contribution is -2.52. The Balaban J connectivity index is 1.34. The summed E-state index contributed by atoms with van der Waals surface area (Å²) in [4.78, 5) is 21.1. The number of imidazole rings is 1. The number of hydrogen-bond acceptors (Lipinski definition) is 4. The van der Waals surface area contributed by atoms with Gasteiger partial charge < -0.3 is 19.5 Å². The van der Waals surface area contributed by atoms with E-state index >= 15 is 0 Å². The van der Waals surface area contributed by atoms with Gasteiger partial charge in [-0.3, -0.25) is 4.90 Å². The van der Waals surface area contributed by atoms with Crippen molar-refractivity contribution in [1.82, 2.24) is 24.7 Å². The van der Waals surface area contributed by atoms with Gasteiger partial charge in [0.2, 0.25) is 0 Å². The van der Waals surface area contributed by atoms with Crippen LogP contribution in [0.2, 0.25) is 0 Å². The van der Waals surface area contributed by atoms with Crippen molar-refractivity contribution in [2.75, 3.05) is 46.4 Å². The first-order valence-corrected chi connectivity index (χ1v) is 10.1. The number of piperazine rings is 1. The predicted molar refractivity (Wildman–Crippen MR) is 110 cm³/mol. The molecule has 152 valence electrons. The molecule has 1 aliphatic heterocycles. The number of rotatable bonds is 8. The van der Waals surface area contributed by atoms with Gasteiger partial charge in [-0.25, -0.2) is 9.78 Å². The fraction of sp³-hybridized carbons (Fsp3) is 0.524. The summed E-state index contributed by atoms with van der Waals surface area (Å²) in [5, 5.41) is 3.04. The largest absolute Gasteiger partial charge is 0.497 e. The van der Waals surface area contributed by atoms with Crippen LogP contribution in [0.15, 0.2) is 36.7 Å². The van der Waals surface area contributed by atoms with Crippen LogP contribution in [0.5, 0.6) is 5.75 Å². The van der Waals surface area contributed by atoms with E-state index in [0.717, 1.165) is 63.7 Å². The summed E-state index contributed by atoms with van der Waals surface area (Å²) >= 11 is 0. The van der Waals surface area contributed by atoms with Gasteiger partial charge in [0.15, 0.2) is 0 Å². The van der Waals surface area contributed by atoms with Crippen LogP contribution >= 0.6 is 0 Å². The van der Waals surface area contributed by atoms with E-state index in [2.05, 4.69) is 26.7 Å². The summed E-state index contributed by atoms with van der Waals surface area (Å²) in [6, 6.07) is 8.01. The maximum absolute atomic E-state index is 12.4. The van der Waals surface area contributed by atoms with Crippen LogP contribution in [0.1, 0.15) is 18.3 Å². The van der Waals surface area contributed by atoms with Crippen LogP contribution in [0, 0.1) is 0 Å². The molecule has 1 saturated heterocycles. The smallest absolute Gasteiger partial charge is 0.317 e. The molecule has 0 saturated carbocycles. The minimum Gasteiger partial charge on any atom is -0.497 e. The summed E-state index contributed by atoms with van der Waals surface area (Å²) in [7, 11) is 1.66. The van der Waals surface area contributed by atoms with Gasteiger partial charge in [0.25, 0.3) is 0 Å². The average molecular weight is 386 g/mol. The fourth-order valence-corrected chi connectivity index (χ4v) is 3.50. The summed E-state index contributed by atoms with van der Waals surface area (Å²) in [6.07, 6.45) is 5.69. The topological polar surface area (TPSA) is 62.6 Å². The van der Waals surface area contributed by atoms with Crippen molar-refractivity contribution in [1.29, 1.82) is 0 Å². The first kappa shape index (κ1) is 20.2. The highest BCUT2D eigenvalue weighted by molar-refractivity contribution is 5.74. The van der Waals surface area contributed by atoms with E-state index in [-0.39, 0.29) is 6.03 Å². The van der Waals surface area contributed by atoms with Gasteiger partial charge in [-0.1, -0.05) is 19.1 Å². The molecule has 1 aliphatic rings. The van der Waals surface area contributed by atoms with E-state index < -0.39 is 0 Å². The molecule has 0 radical (unpaired) electrons. The molecule has 0 unspecified atom stereocenters. The maximum atomic E-state index is 12.4. The predicted octanol–water partition coefficient (Wildman–Crippen LogP) is 2.02. The number of nitrogens with zero attached hydrogens (tertiary/aromatic N) is 4. The molecular formula is C21H31N5O2. The normalized spacial score (nSPS) is 14.9. The molecule has 0 bridgehead atoms. The number of carbonyl (C=O) groups excluding carboxylic acids is 1. The lowest BCUT2D eigenvalue weighted by atomic mass is 10.1. The Labute approximate surface area is 167 Å². The molecule has 1 aromatic heterocycles. The Morgan fingerprint density at radius 3 is 2.57 bits per heavy atom. The molecule has 7 nitrogen and oxygen atoms in total. The summed E-state index contributed by atoms with van der Waals surface area (Å²) in [5.41, 5.74) is 1.19. The van der Waals surface area contributed by atoms with Crippen LogP contribution < -0.4 is 10.1 Å². The zero-order valence-corrected chi connectivity index (χ0v) is 16.9. The van der Waals surface area contributed by atoms with Gasteiger partial charge >= 0.3 is 6.03 Å². The quantitative estimate of drug-likeness (QED) is 0.755. The standard InChI is InChI=1S/C21H31N5O2/c1-3-20-22-10-11-25(20)15-12-24-13-16-26(17-14-24)21(27)23-9-8-18-4-6-19(28-2)7-5-18/h4-7,10-11H,3,8-9,12-17H2,1-2H3,(H,23,27). The fourth-order valence-electron chi connectivity index (χ4n) is 3.50. The molecule has 2 amide bonds. The van der Waals surface area contributed by atoms with Crippen molar-refractivity contribution < 1.29 is 9.53 Å². The van der Waals surface area contributed by atoms with Gasteiger partial charge in [-0.2, -0.15) is 0 Å². The van der Waals surface area contributed by atoms with Crippen LogP contribution in [-0.4, -0.2) is 71.8 Å². The minimum atomic E-state index is 0.0380. The molecule has 0 aliphatic carbocycles. The number of aromatic nitrogens is 2. The summed E-state index contributed by atoms with van der Waals surface area (Å²) in [5.74, 6) is 1.99. The van der Waals surface area contributed by atoms with E-state index in [0.29, 0.717) is 6.54 Å². The van der Waals surface area contributed by atoms with Gasteiger partial charge in [0, 0.05) is 64.6 Å². The second-order valence-corrected chi connectivity index (χ2v) is 7.05. The van der Waals surface area contributed by atoms with Crippen molar-refractivity contribution >= 4 is 6.03 Å². The number of carbonyl (C=O) groups is 1. The molecule has 1 N–H and O–H groups in total. The molecular weight excluding hydrogens is 354 g/mol. The van der Waals surface area contributed by atoms with Crippen molar-refractivity contribution in [2.45, 2.75) is 26.3 Å². The second kappa shape index (κ2) is 10.1. The van der Waals surface area contributed by atoms with Crippen molar-refractivity contribution in [3.05, 3.63) is 48.0 Å². The molecule has 7 heteroatoms. The highest BCUT2D eigenvalue weighted by Gasteiger charge is 2.20. The Hall–Kier alpha value is -2.54. The first-order valence-electron chi connectivity index (χ1n) is 10.1. The number of ether oxygens (including phenoxy) is 1. The Kier molecular flexibility index (Phi) is 7.31. The lowest BCUT2D eigenvalue weighted by Gasteiger charge is -2.34. The monoisotopic (exact) mass is 385 g/mol. The molecule has 1 fully saturated rings. The van der Waals surface area contributed by atoms with E-state index in [1.807, 2.05) is 41.6 Å². The van der Waals surface area contributed by atoms with Crippen LogP contribution in [0.25, 0.3) is 0 Å².